The Balaban J connectivity index is 2.17. The number of rotatable bonds is 5. The lowest BCUT2D eigenvalue weighted by molar-refractivity contribution is 0.153. The van der Waals surface area contributed by atoms with Gasteiger partial charge in [-0.2, -0.15) is 11.8 Å². The van der Waals surface area contributed by atoms with Crippen LogP contribution in [0.3, 0.4) is 0 Å². The Bertz CT molecular complexity index is 145. The monoisotopic (exact) mass is 189 g/mol. The third kappa shape index (κ3) is 2.64. The minimum atomic E-state index is -0.248. The van der Waals surface area contributed by atoms with E-state index in [-0.39, 0.29) is 12.1 Å². The number of aliphatic hydroxyl groups is 1. The molecule has 0 aliphatic heterocycles. The molecule has 1 rings (SSSR count). The molecule has 1 saturated carbocycles. The maximum absolute atomic E-state index is 9.24. The molecule has 12 heavy (non-hydrogen) atoms. The Labute approximate surface area is 79.1 Å². The molecule has 0 aromatic rings. The summed E-state index contributed by atoms with van der Waals surface area (Å²) in [5, 5.41) is 12.6. The second kappa shape index (κ2) is 3.99. The Morgan fingerprint density at radius 1 is 1.50 bits per heavy atom. The minimum Gasteiger partial charge on any atom is -0.392 e. The van der Waals surface area contributed by atoms with Crippen LogP contribution in [-0.2, 0) is 0 Å². The predicted octanol–water partition coefficient (Wildman–Crippen LogP) is 1.24. The van der Waals surface area contributed by atoms with Gasteiger partial charge in [0.15, 0.2) is 0 Å². The first-order valence-corrected chi connectivity index (χ1v) is 5.79. The van der Waals surface area contributed by atoms with Crippen LogP contribution in [0, 0.1) is 0 Å². The van der Waals surface area contributed by atoms with Crippen molar-refractivity contribution in [2.24, 2.45) is 0 Å². The van der Waals surface area contributed by atoms with E-state index >= 15 is 0 Å². The number of nitrogens with one attached hydrogen (secondary N) is 1. The van der Waals surface area contributed by atoms with Gasteiger partial charge in [0.2, 0.25) is 0 Å². The van der Waals surface area contributed by atoms with Crippen molar-refractivity contribution in [3.05, 3.63) is 0 Å². The molecule has 0 aromatic heterocycles. The second-order valence-electron chi connectivity index (χ2n) is 3.80. The van der Waals surface area contributed by atoms with E-state index in [1.54, 1.807) is 0 Å². The molecule has 2 unspecified atom stereocenters. The van der Waals surface area contributed by atoms with Crippen molar-refractivity contribution < 1.29 is 5.11 Å². The molecule has 0 saturated heterocycles. The van der Waals surface area contributed by atoms with Gasteiger partial charge in [-0.3, -0.25) is 0 Å². The van der Waals surface area contributed by atoms with Crippen LogP contribution in [0.4, 0.5) is 0 Å². The van der Waals surface area contributed by atoms with Crippen molar-refractivity contribution in [3.63, 3.8) is 0 Å². The number of hydrogen-bond acceptors (Lipinski definition) is 3. The highest BCUT2D eigenvalue weighted by Crippen LogP contribution is 2.46. The molecule has 0 aromatic carbocycles. The van der Waals surface area contributed by atoms with Crippen LogP contribution >= 0.6 is 11.8 Å². The molecule has 0 heterocycles. The number of thioether (sulfide) groups is 1. The fourth-order valence-electron chi connectivity index (χ4n) is 1.11. The van der Waals surface area contributed by atoms with E-state index in [1.165, 1.54) is 12.8 Å². The highest BCUT2D eigenvalue weighted by atomic mass is 32.2. The van der Waals surface area contributed by atoms with Crippen LogP contribution < -0.4 is 5.32 Å². The summed E-state index contributed by atoms with van der Waals surface area (Å²) in [7, 11) is 0. The topological polar surface area (TPSA) is 32.3 Å². The molecule has 2 atom stereocenters. The van der Waals surface area contributed by atoms with E-state index in [2.05, 4.69) is 11.6 Å². The molecule has 2 N–H and O–H groups in total. The van der Waals surface area contributed by atoms with Gasteiger partial charge in [0.05, 0.1) is 6.10 Å². The molecule has 1 aliphatic rings. The summed E-state index contributed by atoms with van der Waals surface area (Å²) >= 11 is 1.95. The summed E-state index contributed by atoms with van der Waals surface area (Å²) in [5.74, 6) is 0. The summed E-state index contributed by atoms with van der Waals surface area (Å²) in [6.07, 6.45) is 4.57. The molecule has 0 bridgehead atoms. The van der Waals surface area contributed by atoms with Crippen LogP contribution in [0.15, 0.2) is 0 Å². The normalized spacial score (nSPS) is 25.0. The van der Waals surface area contributed by atoms with E-state index in [0.717, 1.165) is 6.54 Å². The van der Waals surface area contributed by atoms with Gasteiger partial charge in [-0.1, -0.05) is 0 Å². The fourth-order valence-corrected chi connectivity index (χ4v) is 1.85. The third-order valence-corrected chi connectivity index (χ3v) is 4.13. The summed E-state index contributed by atoms with van der Waals surface area (Å²) in [6.45, 7) is 4.90. The molecule has 3 heteroatoms. The van der Waals surface area contributed by atoms with Gasteiger partial charge in [0.25, 0.3) is 0 Å². The van der Waals surface area contributed by atoms with Crippen LogP contribution in [-0.4, -0.2) is 34.8 Å². The number of aliphatic hydroxyl groups excluding tert-OH is 1. The largest absolute Gasteiger partial charge is 0.392 e. The highest BCUT2D eigenvalue weighted by Gasteiger charge is 2.41. The van der Waals surface area contributed by atoms with Crippen molar-refractivity contribution >= 4 is 11.8 Å². The van der Waals surface area contributed by atoms with Crippen LogP contribution in [0.2, 0.25) is 0 Å². The average Bonchev–Trinajstić information content (AvgIpc) is 2.81. The first-order chi connectivity index (χ1) is 5.59. The summed E-state index contributed by atoms with van der Waals surface area (Å²) in [5.41, 5.74) is 0. The lowest BCUT2D eigenvalue weighted by atomic mass is 10.2. The van der Waals surface area contributed by atoms with Gasteiger partial charge in [0, 0.05) is 17.3 Å². The Kier molecular flexibility index (Phi) is 3.44. The van der Waals surface area contributed by atoms with E-state index in [9.17, 15) is 5.11 Å². The van der Waals surface area contributed by atoms with Crippen molar-refractivity contribution in [1.29, 1.82) is 0 Å². The molecule has 2 nitrogen and oxygen atoms in total. The zero-order valence-corrected chi connectivity index (χ0v) is 8.95. The summed E-state index contributed by atoms with van der Waals surface area (Å²) in [6, 6.07) is 0.217. The molecule has 1 aliphatic carbocycles. The van der Waals surface area contributed by atoms with Gasteiger partial charge in [-0.25, -0.2) is 0 Å². The fraction of sp³-hybridized carbons (Fsp3) is 1.00. The molecular formula is C9H19NOS. The average molecular weight is 189 g/mol. The van der Waals surface area contributed by atoms with E-state index in [0.29, 0.717) is 4.75 Å². The van der Waals surface area contributed by atoms with E-state index in [1.807, 2.05) is 25.6 Å². The van der Waals surface area contributed by atoms with Gasteiger partial charge in [-0.15, -0.1) is 0 Å². The second-order valence-corrected chi connectivity index (χ2v) is 5.07. The van der Waals surface area contributed by atoms with Crippen LogP contribution in [0.25, 0.3) is 0 Å². The van der Waals surface area contributed by atoms with Crippen LogP contribution in [0.5, 0.6) is 0 Å². The van der Waals surface area contributed by atoms with Crippen molar-refractivity contribution in [1.82, 2.24) is 5.32 Å². The maximum Gasteiger partial charge on any atom is 0.0662 e. The van der Waals surface area contributed by atoms with Gasteiger partial charge < -0.3 is 10.4 Å². The smallest absolute Gasteiger partial charge is 0.0662 e. The van der Waals surface area contributed by atoms with Crippen molar-refractivity contribution in [3.8, 4) is 0 Å². The van der Waals surface area contributed by atoms with Crippen molar-refractivity contribution in [2.45, 2.75) is 43.6 Å². The quantitative estimate of drug-likeness (QED) is 0.682. The zero-order valence-electron chi connectivity index (χ0n) is 8.13. The SMILES string of the molecule is CSC1(CNC(C)C(C)O)CC1. The standard InChI is InChI=1S/C9H19NOS/c1-7(8(2)11)10-6-9(12-3)4-5-9/h7-8,10-11H,4-6H2,1-3H3. The lowest BCUT2D eigenvalue weighted by Gasteiger charge is -2.20. The maximum atomic E-state index is 9.24. The molecular weight excluding hydrogens is 170 g/mol. The Hall–Kier alpha value is 0.270. The molecule has 0 amide bonds. The highest BCUT2D eigenvalue weighted by molar-refractivity contribution is 8.00. The lowest BCUT2D eigenvalue weighted by Crippen LogP contribution is -2.39. The van der Waals surface area contributed by atoms with Gasteiger partial charge in [-0.05, 0) is 32.9 Å². The molecule has 1 fully saturated rings. The molecule has 72 valence electrons. The zero-order chi connectivity index (χ0) is 9.19. The van der Waals surface area contributed by atoms with E-state index < -0.39 is 0 Å². The first kappa shape index (κ1) is 10.4. The van der Waals surface area contributed by atoms with Gasteiger partial charge >= 0.3 is 0 Å². The minimum absolute atomic E-state index is 0.217. The summed E-state index contributed by atoms with van der Waals surface area (Å²) in [4.78, 5) is 0. The Morgan fingerprint density at radius 2 is 2.08 bits per heavy atom. The Morgan fingerprint density at radius 3 is 2.42 bits per heavy atom. The van der Waals surface area contributed by atoms with Crippen molar-refractivity contribution in [2.75, 3.05) is 12.8 Å². The predicted molar refractivity (Wildman–Crippen MR) is 54.6 cm³/mol. The third-order valence-electron chi connectivity index (χ3n) is 2.71. The van der Waals surface area contributed by atoms with Gasteiger partial charge in [0.1, 0.15) is 0 Å². The van der Waals surface area contributed by atoms with Crippen LogP contribution in [0.1, 0.15) is 26.7 Å². The summed E-state index contributed by atoms with van der Waals surface area (Å²) < 4.78 is 0.503. The molecule has 0 spiro atoms. The molecule has 0 radical (unpaired) electrons. The first-order valence-electron chi connectivity index (χ1n) is 4.56. The van der Waals surface area contributed by atoms with E-state index in [4.69, 9.17) is 0 Å². The number of hydrogen-bond donors (Lipinski definition) is 2.